The zero-order valence-electron chi connectivity index (χ0n) is 21.2. The molecule has 1 aliphatic carbocycles. The van der Waals surface area contributed by atoms with Gasteiger partial charge in [0.05, 0.1) is 24.0 Å². The zero-order valence-corrected chi connectivity index (χ0v) is 21.2. The lowest BCUT2D eigenvalue weighted by Crippen LogP contribution is -2.49. The molecule has 0 unspecified atom stereocenters. The molecule has 5 atom stereocenters. The maximum Gasteiger partial charge on any atom is 0.335 e. The van der Waals surface area contributed by atoms with Gasteiger partial charge in [-0.05, 0) is 66.9 Å². The van der Waals surface area contributed by atoms with E-state index in [4.69, 9.17) is 18.9 Å². The highest BCUT2D eigenvalue weighted by molar-refractivity contribution is 5.83. The average Bonchev–Trinajstić information content (AvgIpc) is 2.71. The topological polar surface area (TPSA) is 108 Å². The van der Waals surface area contributed by atoms with E-state index < -0.39 is 59.3 Å². The first-order valence-electron chi connectivity index (χ1n) is 11.7. The molecule has 8 nitrogen and oxygen atoms in total. The molecular formula is C26H38O8. The van der Waals surface area contributed by atoms with Gasteiger partial charge >= 0.3 is 17.9 Å². The Morgan fingerprint density at radius 2 is 1.41 bits per heavy atom. The van der Waals surface area contributed by atoms with Crippen molar-refractivity contribution in [3.05, 3.63) is 35.9 Å². The number of rotatable bonds is 7. The van der Waals surface area contributed by atoms with Crippen LogP contribution in [0.25, 0.3) is 0 Å². The minimum Gasteiger partial charge on any atom is -0.460 e. The van der Waals surface area contributed by atoms with Crippen LogP contribution in [0.2, 0.25) is 0 Å². The number of aliphatic hydroxyl groups excluding tert-OH is 1. The summed E-state index contributed by atoms with van der Waals surface area (Å²) < 4.78 is 22.1. The van der Waals surface area contributed by atoms with Crippen molar-refractivity contribution in [3.8, 4) is 0 Å². The maximum atomic E-state index is 13.0. The molecular weight excluding hydrogens is 440 g/mol. The molecule has 0 heterocycles. The van der Waals surface area contributed by atoms with Crippen molar-refractivity contribution in [1.82, 2.24) is 0 Å². The summed E-state index contributed by atoms with van der Waals surface area (Å²) in [6.07, 6.45) is -2.93. The molecule has 1 fully saturated rings. The van der Waals surface area contributed by atoms with Gasteiger partial charge in [-0.3, -0.25) is 9.59 Å². The van der Waals surface area contributed by atoms with E-state index in [1.165, 1.54) is 6.92 Å². The lowest BCUT2D eigenvalue weighted by Gasteiger charge is -2.39. The lowest BCUT2D eigenvalue weighted by atomic mass is 9.76. The molecule has 0 bridgehead atoms. The molecule has 0 saturated heterocycles. The standard InChI is InChI=1S/C26H38O8/c1-16(22(28)31-15-17-11-9-8-10-12-17)32-21-14-19(24(30)34-26(5,6)7)18(13-20(21)27)23(29)33-25(2,3)4/h8-12,16,18-21,27H,13-15H2,1-7H3/t16-,18+,19+,20+,21-/m1/s1. The van der Waals surface area contributed by atoms with Gasteiger partial charge in [-0.2, -0.15) is 0 Å². The minimum absolute atomic E-state index is 0.0102. The van der Waals surface area contributed by atoms with Crippen LogP contribution in [-0.4, -0.2) is 52.5 Å². The number of carbonyl (C=O) groups excluding carboxylic acids is 3. The van der Waals surface area contributed by atoms with Crippen LogP contribution in [0.4, 0.5) is 0 Å². The summed E-state index contributed by atoms with van der Waals surface area (Å²) in [5.74, 6) is -3.49. The normalized spacial score (nSPS) is 24.1. The number of carbonyl (C=O) groups is 3. The third-order valence-corrected chi connectivity index (χ3v) is 5.25. The number of aliphatic hydroxyl groups is 1. The van der Waals surface area contributed by atoms with Crippen molar-refractivity contribution in [2.24, 2.45) is 11.8 Å². The van der Waals surface area contributed by atoms with E-state index in [0.717, 1.165) is 5.56 Å². The van der Waals surface area contributed by atoms with Crippen molar-refractivity contribution in [2.45, 2.75) is 97.4 Å². The third kappa shape index (κ3) is 8.72. The van der Waals surface area contributed by atoms with Crippen LogP contribution in [0.3, 0.4) is 0 Å². The highest BCUT2D eigenvalue weighted by Gasteiger charge is 2.47. The number of ether oxygens (including phenoxy) is 4. The predicted molar refractivity (Wildman–Crippen MR) is 124 cm³/mol. The summed E-state index contributed by atoms with van der Waals surface area (Å²) in [4.78, 5) is 38.2. The van der Waals surface area contributed by atoms with E-state index in [1.807, 2.05) is 30.3 Å². The molecule has 0 spiro atoms. The zero-order chi connectivity index (χ0) is 25.7. The smallest absolute Gasteiger partial charge is 0.335 e. The van der Waals surface area contributed by atoms with Crippen LogP contribution in [-0.2, 0) is 39.9 Å². The Bertz CT molecular complexity index is 837. The van der Waals surface area contributed by atoms with E-state index in [9.17, 15) is 19.5 Å². The molecule has 1 aromatic rings. The molecule has 1 N–H and O–H groups in total. The summed E-state index contributed by atoms with van der Waals surface area (Å²) in [5, 5.41) is 10.7. The third-order valence-electron chi connectivity index (χ3n) is 5.25. The maximum absolute atomic E-state index is 13.0. The van der Waals surface area contributed by atoms with Crippen molar-refractivity contribution in [1.29, 1.82) is 0 Å². The molecule has 1 aromatic carbocycles. The van der Waals surface area contributed by atoms with E-state index in [1.54, 1.807) is 41.5 Å². The average molecular weight is 479 g/mol. The number of hydrogen-bond acceptors (Lipinski definition) is 8. The fraction of sp³-hybridized carbons (Fsp3) is 0.654. The van der Waals surface area contributed by atoms with Gasteiger partial charge in [0, 0.05) is 0 Å². The van der Waals surface area contributed by atoms with E-state index in [2.05, 4.69) is 0 Å². The molecule has 8 heteroatoms. The Balaban J connectivity index is 2.09. The fourth-order valence-electron chi connectivity index (χ4n) is 3.73. The summed E-state index contributed by atoms with van der Waals surface area (Å²) in [6, 6.07) is 9.24. The minimum atomic E-state index is -1.07. The summed E-state index contributed by atoms with van der Waals surface area (Å²) >= 11 is 0. The predicted octanol–water partition coefficient (Wildman–Crippen LogP) is 3.57. The van der Waals surface area contributed by atoms with Gasteiger partial charge in [-0.15, -0.1) is 0 Å². The summed E-state index contributed by atoms with van der Waals surface area (Å²) in [6.45, 7) is 12.1. The van der Waals surface area contributed by atoms with Gasteiger partial charge in [-0.1, -0.05) is 30.3 Å². The lowest BCUT2D eigenvalue weighted by molar-refractivity contribution is -0.189. The Morgan fingerprint density at radius 1 is 0.912 bits per heavy atom. The SMILES string of the molecule is C[C@@H](O[C@@H]1C[C@H](C(=O)OC(C)(C)C)[C@@H](C(=O)OC(C)(C)C)C[C@@H]1O)C(=O)OCc1ccccc1. The second-order valence-electron chi connectivity index (χ2n) is 10.7. The van der Waals surface area contributed by atoms with Crippen LogP contribution >= 0.6 is 0 Å². The van der Waals surface area contributed by atoms with Crippen LogP contribution in [0.1, 0.15) is 66.9 Å². The number of esters is 3. The fourth-order valence-corrected chi connectivity index (χ4v) is 3.73. The molecule has 34 heavy (non-hydrogen) atoms. The number of benzene rings is 1. The van der Waals surface area contributed by atoms with Crippen LogP contribution in [0, 0.1) is 11.8 Å². The second-order valence-corrected chi connectivity index (χ2v) is 10.7. The van der Waals surface area contributed by atoms with Crippen LogP contribution in [0.5, 0.6) is 0 Å². The monoisotopic (exact) mass is 478 g/mol. The molecule has 190 valence electrons. The molecule has 1 aliphatic rings. The van der Waals surface area contributed by atoms with Crippen molar-refractivity contribution >= 4 is 17.9 Å². The quantitative estimate of drug-likeness (QED) is 0.468. The van der Waals surface area contributed by atoms with E-state index in [0.29, 0.717) is 0 Å². The summed E-state index contributed by atoms with van der Waals surface area (Å²) in [7, 11) is 0. The van der Waals surface area contributed by atoms with E-state index in [-0.39, 0.29) is 19.4 Å². The Labute approximate surface area is 201 Å². The van der Waals surface area contributed by atoms with E-state index >= 15 is 0 Å². The molecule has 0 aromatic heterocycles. The van der Waals surface area contributed by atoms with Crippen molar-refractivity contribution < 1.29 is 38.4 Å². The van der Waals surface area contributed by atoms with Gasteiger partial charge in [0.1, 0.15) is 17.8 Å². The first-order chi connectivity index (χ1) is 15.7. The Hall–Kier alpha value is -2.45. The largest absolute Gasteiger partial charge is 0.460 e. The van der Waals surface area contributed by atoms with Crippen LogP contribution in [0.15, 0.2) is 30.3 Å². The first kappa shape index (κ1) is 27.8. The second kappa shape index (κ2) is 11.3. The van der Waals surface area contributed by atoms with Gasteiger partial charge < -0.3 is 24.1 Å². The Kier molecular flexibility index (Phi) is 9.25. The molecule has 1 saturated carbocycles. The van der Waals surface area contributed by atoms with Crippen molar-refractivity contribution in [2.75, 3.05) is 0 Å². The summed E-state index contributed by atoms with van der Waals surface area (Å²) in [5.41, 5.74) is -0.660. The highest BCUT2D eigenvalue weighted by atomic mass is 16.6. The van der Waals surface area contributed by atoms with Crippen LogP contribution < -0.4 is 0 Å². The van der Waals surface area contributed by atoms with Gasteiger partial charge in [0.2, 0.25) is 0 Å². The van der Waals surface area contributed by atoms with Crippen molar-refractivity contribution in [3.63, 3.8) is 0 Å². The Morgan fingerprint density at radius 3 is 1.91 bits per heavy atom. The molecule has 0 radical (unpaired) electrons. The van der Waals surface area contributed by atoms with Gasteiger partial charge in [-0.25, -0.2) is 4.79 Å². The molecule has 0 aliphatic heterocycles. The number of hydrogen-bond donors (Lipinski definition) is 1. The van der Waals surface area contributed by atoms with Gasteiger partial charge in [0.25, 0.3) is 0 Å². The van der Waals surface area contributed by atoms with Gasteiger partial charge in [0.15, 0.2) is 6.10 Å². The highest BCUT2D eigenvalue weighted by Crippen LogP contribution is 2.36. The molecule has 0 amide bonds. The first-order valence-corrected chi connectivity index (χ1v) is 11.7. The molecule has 2 rings (SSSR count).